The molecule has 1 aromatic carbocycles. The van der Waals surface area contributed by atoms with E-state index in [0.717, 1.165) is 9.13 Å². The molecule has 1 aromatic heterocycles. The molecule has 0 atom stereocenters. The molecule has 2 aromatic rings. The van der Waals surface area contributed by atoms with E-state index in [4.69, 9.17) is 10.5 Å². The van der Waals surface area contributed by atoms with Crippen molar-refractivity contribution < 1.29 is 23.0 Å². The van der Waals surface area contributed by atoms with E-state index in [1.165, 1.54) is 33.3 Å². The number of hydrogen-bond acceptors (Lipinski definition) is 7. The van der Waals surface area contributed by atoms with Gasteiger partial charge in [0, 0.05) is 20.6 Å². The Bertz CT molecular complexity index is 1030. The lowest BCUT2D eigenvalue weighted by Crippen LogP contribution is -2.43. The van der Waals surface area contributed by atoms with Crippen LogP contribution in [0.3, 0.4) is 0 Å². The van der Waals surface area contributed by atoms with Crippen molar-refractivity contribution in [1.29, 1.82) is 0 Å². The number of methoxy groups -OCH3 is 1. The fourth-order valence-corrected chi connectivity index (χ4v) is 2.82. The number of rotatable bonds is 8. The van der Waals surface area contributed by atoms with Crippen LogP contribution in [-0.4, -0.2) is 47.1 Å². The summed E-state index contributed by atoms with van der Waals surface area (Å²) in [6.45, 7) is -2.89. The average Bonchev–Trinajstić information content (AvgIpc) is 2.65. The van der Waals surface area contributed by atoms with Crippen molar-refractivity contribution in [2.24, 2.45) is 14.1 Å². The first-order chi connectivity index (χ1) is 13.6. The van der Waals surface area contributed by atoms with Crippen LogP contribution < -0.4 is 26.5 Å². The zero-order chi connectivity index (χ0) is 21.9. The zero-order valence-electron chi connectivity index (χ0n) is 16.4. The highest BCUT2D eigenvalue weighted by molar-refractivity contribution is 6.01. The molecule has 0 aliphatic rings. The Kier molecular flexibility index (Phi) is 6.75. The van der Waals surface area contributed by atoms with Crippen molar-refractivity contribution >= 4 is 11.6 Å². The lowest BCUT2D eigenvalue weighted by atomic mass is 10.1. The molecule has 29 heavy (non-hydrogen) atoms. The van der Waals surface area contributed by atoms with E-state index < -0.39 is 23.6 Å². The predicted octanol–water partition coefficient (Wildman–Crippen LogP) is 0.591. The number of likely N-dealkylation sites (N-methyl/N-ethyl adjacent to an activating group) is 1. The minimum absolute atomic E-state index is 0.105. The van der Waals surface area contributed by atoms with Crippen molar-refractivity contribution in [3.63, 3.8) is 0 Å². The molecule has 0 saturated carbocycles. The Morgan fingerprint density at radius 3 is 2.45 bits per heavy atom. The number of hydrogen-bond donors (Lipinski definition) is 1. The number of ketones is 1. The number of alkyl halides is 2. The molecule has 0 bridgehead atoms. The van der Waals surface area contributed by atoms with Gasteiger partial charge in [-0.25, -0.2) is 4.79 Å². The number of benzene rings is 1. The zero-order valence-corrected chi connectivity index (χ0v) is 16.4. The molecule has 0 radical (unpaired) electrons. The Morgan fingerprint density at radius 1 is 1.21 bits per heavy atom. The maximum absolute atomic E-state index is 12.6. The number of aromatic nitrogens is 2. The number of anilines is 1. The summed E-state index contributed by atoms with van der Waals surface area (Å²) in [5.41, 5.74) is 4.80. The van der Waals surface area contributed by atoms with Crippen molar-refractivity contribution in [3.8, 4) is 11.5 Å². The smallest absolute Gasteiger partial charge is 0.387 e. The van der Waals surface area contributed by atoms with Crippen LogP contribution in [0.15, 0.2) is 27.8 Å². The summed E-state index contributed by atoms with van der Waals surface area (Å²) in [6.07, 6.45) is 0. The van der Waals surface area contributed by atoms with Gasteiger partial charge in [0.1, 0.15) is 11.4 Å². The summed E-state index contributed by atoms with van der Waals surface area (Å²) < 4.78 is 36.1. The highest BCUT2D eigenvalue weighted by Gasteiger charge is 2.21. The third-order valence-electron chi connectivity index (χ3n) is 4.30. The maximum atomic E-state index is 12.6. The first kappa shape index (κ1) is 22.1. The molecule has 0 unspecified atom stereocenters. The molecular formula is C18H22F2N4O5. The molecule has 11 heteroatoms. The molecule has 2 N–H and O–H groups in total. The van der Waals surface area contributed by atoms with E-state index in [2.05, 4.69) is 4.74 Å². The van der Waals surface area contributed by atoms with Gasteiger partial charge < -0.3 is 15.2 Å². The van der Waals surface area contributed by atoms with Crippen molar-refractivity contribution in [2.75, 3.05) is 26.4 Å². The standard InChI is InChI=1S/C18H22F2N4O5/c1-22(8-10-5-6-12(29-17(19)20)13(7-10)28-4)9-11(25)14-15(21)23(2)18(27)24(3)16(14)26/h5-7,17H,8-9,21H2,1-4H3. The number of carbonyl (C=O) groups is 1. The summed E-state index contributed by atoms with van der Waals surface area (Å²) in [6, 6.07) is 4.41. The van der Waals surface area contributed by atoms with Gasteiger partial charge in [-0.05, 0) is 24.7 Å². The molecular weight excluding hydrogens is 390 g/mol. The summed E-state index contributed by atoms with van der Waals surface area (Å²) in [5.74, 6) is -0.734. The van der Waals surface area contributed by atoms with Gasteiger partial charge in [0.25, 0.3) is 5.56 Å². The van der Waals surface area contributed by atoms with E-state index >= 15 is 0 Å². The number of halogens is 2. The maximum Gasteiger partial charge on any atom is 0.387 e. The van der Waals surface area contributed by atoms with Crippen LogP contribution >= 0.6 is 0 Å². The van der Waals surface area contributed by atoms with Gasteiger partial charge in [-0.2, -0.15) is 8.78 Å². The van der Waals surface area contributed by atoms with Crippen LogP contribution in [0.1, 0.15) is 15.9 Å². The van der Waals surface area contributed by atoms with Crippen molar-refractivity contribution in [1.82, 2.24) is 14.0 Å². The third kappa shape index (κ3) is 4.80. The van der Waals surface area contributed by atoms with Crippen LogP contribution in [-0.2, 0) is 20.6 Å². The van der Waals surface area contributed by atoms with Gasteiger partial charge in [0.05, 0.1) is 13.7 Å². The molecule has 0 amide bonds. The summed E-state index contributed by atoms with van der Waals surface area (Å²) >= 11 is 0. The monoisotopic (exact) mass is 412 g/mol. The first-order valence-electron chi connectivity index (χ1n) is 8.45. The van der Waals surface area contributed by atoms with E-state index in [9.17, 15) is 23.2 Å². The number of Topliss-reactive ketones (excluding diaryl/α,β-unsaturated/α-hetero) is 1. The van der Waals surface area contributed by atoms with Gasteiger partial charge in [-0.3, -0.25) is 23.6 Å². The molecule has 158 valence electrons. The van der Waals surface area contributed by atoms with Crippen molar-refractivity contribution in [3.05, 3.63) is 50.2 Å². The SMILES string of the molecule is COc1cc(CN(C)CC(=O)c2c(N)n(C)c(=O)n(C)c2=O)ccc1OC(F)F. The van der Waals surface area contributed by atoms with Gasteiger partial charge >= 0.3 is 12.3 Å². The van der Waals surface area contributed by atoms with E-state index in [-0.39, 0.29) is 36.0 Å². The lowest BCUT2D eigenvalue weighted by molar-refractivity contribution is -0.0512. The van der Waals surface area contributed by atoms with Crippen LogP contribution in [0, 0.1) is 0 Å². The molecule has 2 rings (SSSR count). The fraction of sp³-hybridized carbons (Fsp3) is 0.389. The number of nitrogens with zero attached hydrogens (tertiary/aromatic N) is 3. The van der Waals surface area contributed by atoms with Crippen LogP contribution in [0.2, 0.25) is 0 Å². The average molecular weight is 412 g/mol. The number of nitrogens with two attached hydrogens (primary N) is 1. The van der Waals surface area contributed by atoms with Gasteiger partial charge in [0.15, 0.2) is 17.3 Å². The summed E-state index contributed by atoms with van der Waals surface area (Å²) in [7, 11) is 5.59. The minimum Gasteiger partial charge on any atom is -0.493 e. The lowest BCUT2D eigenvalue weighted by Gasteiger charge is -2.18. The summed E-state index contributed by atoms with van der Waals surface area (Å²) in [5, 5.41) is 0. The minimum atomic E-state index is -2.98. The third-order valence-corrected chi connectivity index (χ3v) is 4.30. The van der Waals surface area contributed by atoms with Crippen molar-refractivity contribution in [2.45, 2.75) is 13.2 Å². The molecule has 9 nitrogen and oxygen atoms in total. The second kappa shape index (κ2) is 8.86. The Labute approximate surface area is 164 Å². The second-order valence-corrected chi connectivity index (χ2v) is 6.43. The first-order valence-corrected chi connectivity index (χ1v) is 8.45. The van der Waals surface area contributed by atoms with Gasteiger partial charge in [-0.1, -0.05) is 6.07 Å². The van der Waals surface area contributed by atoms with Gasteiger partial charge in [0.2, 0.25) is 0 Å². The Morgan fingerprint density at radius 2 is 1.86 bits per heavy atom. The highest BCUT2D eigenvalue weighted by atomic mass is 19.3. The Hall–Kier alpha value is -3.21. The molecule has 0 fully saturated rings. The highest BCUT2D eigenvalue weighted by Crippen LogP contribution is 2.29. The van der Waals surface area contributed by atoms with E-state index in [1.54, 1.807) is 18.0 Å². The molecule has 0 aliphatic heterocycles. The fourth-order valence-electron chi connectivity index (χ4n) is 2.82. The molecule has 1 heterocycles. The predicted molar refractivity (Wildman–Crippen MR) is 102 cm³/mol. The largest absolute Gasteiger partial charge is 0.493 e. The number of ether oxygens (including phenoxy) is 2. The van der Waals surface area contributed by atoms with E-state index in [0.29, 0.717) is 5.56 Å². The normalized spacial score (nSPS) is 11.2. The quantitative estimate of drug-likeness (QED) is 0.632. The molecule has 0 saturated heterocycles. The second-order valence-electron chi connectivity index (χ2n) is 6.43. The van der Waals surface area contributed by atoms with Crippen LogP contribution in [0.5, 0.6) is 11.5 Å². The molecule has 0 spiro atoms. The number of nitrogen functional groups attached to an aromatic ring is 1. The molecule has 0 aliphatic carbocycles. The number of carbonyl (C=O) groups excluding carboxylic acids is 1. The van der Waals surface area contributed by atoms with Crippen LogP contribution in [0.25, 0.3) is 0 Å². The van der Waals surface area contributed by atoms with Crippen LogP contribution in [0.4, 0.5) is 14.6 Å². The summed E-state index contributed by atoms with van der Waals surface area (Å²) in [4.78, 5) is 38.4. The van der Waals surface area contributed by atoms with E-state index in [1.807, 2.05) is 0 Å². The van der Waals surface area contributed by atoms with Gasteiger partial charge in [-0.15, -0.1) is 0 Å². The topological polar surface area (TPSA) is 109 Å². The Balaban J connectivity index is 2.20.